The van der Waals surface area contributed by atoms with Gasteiger partial charge in [0, 0.05) is 23.9 Å². The summed E-state index contributed by atoms with van der Waals surface area (Å²) in [4.78, 5) is 26.7. The number of hydrogen-bond acceptors (Lipinski definition) is 4. The van der Waals surface area contributed by atoms with Gasteiger partial charge in [-0.15, -0.1) is 0 Å². The number of nitrogens with zero attached hydrogens (tertiary/aromatic N) is 1. The first-order valence-electron chi connectivity index (χ1n) is 9.65. The SMILES string of the molecule is C[C@H]1Oc2cc(NC(=O)NC(C)(C)CCO)ccc2N(Cc2ccccc2)C1=O. The van der Waals surface area contributed by atoms with E-state index in [9.17, 15) is 9.59 Å². The normalized spacial score (nSPS) is 16.1. The highest BCUT2D eigenvalue weighted by Gasteiger charge is 2.32. The molecule has 0 radical (unpaired) electrons. The minimum Gasteiger partial charge on any atom is -0.479 e. The van der Waals surface area contributed by atoms with Gasteiger partial charge >= 0.3 is 6.03 Å². The quantitative estimate of drug-likeness (QED) is 0.698. The Kier molecular flexibility index (Phi) is 6.08. The molecule has 0 bridgehead atoms. The van der Waals surface area contributed by atoms with Crippen molar-refractivity contribution in [2.24, 2.45) is 0 Å². The van der Waals surface area contributed by atoms with Crippen LogP contribution in [0, 0.1) is 0 Å². The van der Waals surface area contributed by atoms with E-state index in [0.717, 1.165) is 5.56 Å². The third-order valence-corrected chi connectivity index (χ3v) is 4.80. The Morgan fingerprint density at radius 1 is 1.21 bits per heavy atom. The zero-order valence-corrected chi connectivity index (χ0v) is 16.9. The third-order valence-electron chi connectivity index (χ3n) is 4.80. The molecule has 2 aromatic rings. The number of rotatable bonds is 6. The highest BCUT2D eigenvalue weighted by Crippen LogP contribution is 2.37. The molecule has 3 rings (SSSR count). The van der Waals surface area contributed by atoms with Crippen LogP contribution in [0.5, 0.6) is 5.75 Å². The maximum absolute atomic E-state index is 12.7. The second kappa shape index (κ2) is 8.53. The van der Waals surface area contributed by atoms with Crippen LogP contribution in [0.4, 0.5) is 16.2 Å². The molecule has 3 N–H and O–H groups in total. The number of aliphatic hydroxyl groups excluding tert-OH is 1. The van der Waals surface area contributed by atoms with Crippen molar-refractivity contribution in [1.82, 2.24) is 5.32 Å². The van der Waals surface area contributed by atoms with Gasteiger partial charge in [0.25, 0.3) is 5.91 Å². The number of fused-ring (bicyclic) bond motifs is 1. The van der Waals surface area contributed by atoms with Crippen molar-refractivity contribution >= 4 is 23.3 Å². The molecule has 0 saturated heterocycles. The van der Waals surface area contributed by atoms with Gasteiger partial charge in [-0.25, -0.2) is 4.79 Å². The molecule has 0 saturated carbocycles. The molecular formula is C22H27N3O4. The second-order valence-corrected chi connectivity index (χ2v) is 7.79. The smallest absolute Gasteiger partial charge is 0.319 e. The summed E-state index contributed by atoms with van der Waals surface area (Å²) in [5.74, 6) is 0.436. The van der Waals surface area contributed by atoms with E-state index >= 15 is 0 Å². The molecular weight excluding hydrogens is 370 g/mol. The molecule has 7 heteroatoms. The number of benzene rings is 2. The van der Waals surface area contributed by atoms with E-state index in [4.69, 9.17) is 9.84 Å². The van der Waals surface area contributed by atoms with Gasteiger partial charge in [0.2, 0.25) is 0 Å². The van der Waals surface area contributed by atoms with E-state index in [0.29, 0.717) is 30.1 Å². The molecule has 1 aliphatic rings. The summed E-state index contributed by atoms with van der Waals surface area (Å²) in [5.41, 5.74) is 1.72. The first-order chi connectivity index (χ1) is 13.8. The number of aliphatic hydroxyl groups is 1. The van der Waals surface area contributed by atoms with Crippen LogP contribution in [-0.4, -0.2) is 35.3 Å². The molecule has 1 aliphatic heterocycles. The number of urea groups is 1. The zero-order valence-electron chi connectivity index (χ0n) is 16.9. The number of anilines is 2. The Balaban J connectivity index is 1.78. The number of ether oxygens (including phenoxy) is 1. The van der Waals surface area contributed by atoms with Crippen molar-refractivity contribution in [3.8, 4) is 5.75 Å². The molecule has 0 aromatic heterocycles. The Hall–Kier alpha value is -3.06. The second-order valence-electron chi connectivity index (χ2n) is 7.79. The van der Waals surface area contributed by atoms with Crippen molar-refractivity contribution in [1.29, 1.82) is 0 Å². The standard InChI is InChI=1S/C22H27N3O4/c1-15-20(27)25(14-16-7-5-4-6-8-16)18-10-9-17(13-19(18)29-15)23-21(28)24-22(2,3)11-12-26/h4-10,13,15,26H,11-12,14H2,1-3H3,(H2,23,24,28)/t15-/m1/s1. The Bertz CT molecular complexity index is 883. The molecule has 2 aromatic carbocycles. The fourth-order valence-electron chi connectivity index (χ4n) is 3.23. The lowest BCUT2D eigenvalue weighted by molar-refractivity contribution is -0.125. The molecule has 154 valence electrons. The lowest BCUT2D eigenvalue weighted by atomic mass is 10.0. The Morgan fingerprint density at radius 2 is 1.93 bits per heavy atom. The van der Waals surface area contributed by atoms with Gasteiger partial charge in [-0.2, -0.15) is 0 Å². The molecule has 0 spiro atoms. The van der Waals surface area contributed by atoms with E-state index in [2.05, 4.69) is 10.6 Å². The van der Waals surface area contributed by atoms with Crippen molar-refractivity contribution in [3.05, 3.63) is 54.1 Å². The fraction of sp³-hybridized carbons (Fsp3) is 0.364. The zero-order chi connectivity index (χ0) is 21.0. The van der Waals surface area contributed by atoms with Crippen molar-refractivity contribution < 1.29 is 19.4 Å². The summed E-state index contributed by atoms with van der Waals surface area (Å²) in [6, 6.07) is 14.6. The van der Waals surface area contributed by atoms with Crippen molar-refractivity contribution in [2.75, 3.05) is 16.8 Å². The summed E-state index contributed by atoms with van der Waals surface area (Å²) in [5, 5.41) is 14.7. The van der Waals surface area contributed by atoms with Gasteiger partial charge in [-0.3, -0.25) is 4.79 Å². The van der Waals surface area contributed by atoms with Gasteiger partial charge in [0.15, 0.2) is 6.10 Å². The van der Waals surface area contributed by atoms with Crippen molar-refractivity contribution in [3.63, 3.8) is 0 Å². The van der Waals surface area contributed by atoms with Crippen LogP contribution >= 0.6 is 0 Å². The van der Waals surface area contributed by atoms with E-state index in [1.54, 1.807) is 30.0 Å². The van der Waals surface area contributed by atoms with Crippen LogP contribution in [0.2, 0.25) is 0 Å². The number of nitrogens with one attached hydrogen (secondary N) is 2. The first-order valence-corrected chi connectivity index (χ1v) is 9.65. The van der Waals surface area contributed by atoms with E-state index in [1.807, 2.05) is 44.2 Å². The van der Waals surface area contributed by atoms with E-state index < -0.39 is 11.6 Å². The molecule has 7 nitrogen and oxygen atoms in total. The number of amides is 3. The summed E-state index contributed by atoms with van der Waals surface area (Å²) < 4.78 is 5.78. The number of carbonyl (C=O) groups is 2. The van der Waals surface area contributed by atoms with E-state index in [-0.39, 0.29) is 18.5 Å². The number of carbonyl (C=O) groups excluding carboxylic acids is 2. The largest absolute Gasteiger partial charge is 0.479 e. The van der Waals surface area contributed by atoms with Gasteiger partial charge in [0.1, 0.15) is 5.75 Å². The molecule has 0 fully saturated rings. The van der Waals surface area contributed by atoms with Crippen LogP contribution in [0.1, 0.15) is 32.8 Å². The lowest BCUT2D eigenvalue weighted by Crippen LogP contribution is -2.46. The number of hydrogen-bond donors (Lipinski definition) is 3. The topological polar surface area (TPSA) is 90.9 Å². The van der Waals surface area contributed by atoms with Gasteiger partial charge < -0.3 is 25.4 Å². The minimum atomic E-state index is -0.612. The van der Waals surface area contributed by atoms with Crippen molar-refractivity contribution in [2.45, 2.75) is 45.4 Å². The first kappa shape index (κ1) is 20.7. The maximum atomic E-state index is 12.7. The van der Waals surface area contributed by atoms with E-state index in [1.165, 1.54) is 0 Å². The predicted molar refractivity (Wildman–Crippen MR) is 112 cm³/mol. The summed E-state index contributed by atoms with van der Waals surface area (Å²) >= 11 is 0. The summed E-state index contributed by atoms with van der Waals surface area (Å²) in [6.07, 6.45) is -0.166. The van der Waals surface area contributed by atoms with Crippen LogP contribution in [0.25, 0.3) is 0 Å². The van der Waals surface area contributed by atoms with Gasteiger partial charge in [-0.05, 0) is 44.9 Å². The van der Waals surface area contributed by atoms with Crippen LogP contribution in [-0.2, 0) is 11.3 Å². The fourth-order valence-corrected chi connectivity index (χ4v) is 3.23. The van der Waals surface area contributed by atoms with Crippen LogP contribution in [0.3, 0.4) is 0 Å². The molecule has 1 heterocycles. The van der Waals surface area contributed by atoms with Crippen LogP contribution in [0.15, 0.2) is 48.5 Å². The molecule has 1 atom stereocenters. The molecule has 3 amide bonds. The van der Waals surface area contributed by atoms with Gasteiger partial charge in [-0.1, -0.05) is 30.3 Å². The van der Waals surface area contributed by atoms with Gasteiger partial charge in [0.05, 0.1) is 12.2 Å². The molecule has 29 heavy (non-hydrogen) atoms. The highest BCUT2D eigenvalue weighted by atomic mass is 16.5. The molecule has 0 unspecified atom stereocenters. The summed E-state index contributed by atoms with van der Waals surface area (Å²) in [7, 11) is 0. The third kappa shape index (κ3) is 5.06. The maximum Gasteiger partial charge on any atom is 0.319 e. The average Bonchev–Trinajstić information content (AvgIpc) is 2.65. The Labute approximate surface area is 170 Å². The average molecular weight is 397 g/mol. The predicted octanol–water partition coefficient (Wildman–Crippen LogP) is 3.28. The Morgan fingerprint density at radius 3 is 2.62 bits per heavy atom. The van der Waals surface area contributed by atoms with Crippen LogP contribution < -0.4 is 20.3 Å². The lowest BCUT2D eigenvalue weighted by Gasteiger charge is -2.33. The highest BCUT2D eigenvalue weighted by molar-refractivity contribution is 6.00. The minimum absolute atomic E-state index is 0.0108. The molecule has 0 aliphatic carbocycles. The monoisotopic (exact) mass is 397 g/mol. The summed E-state index contributed by atoms with van der Waals surface area (Å²) in [6.45, 7) is 5.83.